The number of ether oxygens (including phenoxy) is 1. The topological polar surface area (TPSA) is 57.7 Å². The Kier molecular flexibility index (Phi) is 8.70. The van der Waals surface area contributed by atoms with Gasteiger partial charge < -0.3 is 15.0 Å². The van der Waals surface area contributed by atoms with Gasteiger partial charge in [-0.3, -0.25) is 14.7 Å². The molecule has 0 unspecified atom stereocenters. The second-order valence-corrected chi connectivity index (χ2v) is 10.2. The molecule has 0 aliphatic carbocycles. The fourth-order valence-electron chi connectivity index (χ4n) is 5.56. The lowest BCUT2D eigenvalue weighted by Crippen LogP contribution is -2.49. The predicted molar refractivity (Wildman–Crippen MR) is 149 cm³/mol. The number of carbonyl (C=O) groups is 1. The lowest BCUT2D eigenvalue weighted by Gasteiger charge is -2.42. The first kappa shape index (κ1) is 25.3. The summed E-state index contributed by atoms with van der Waals surface area (Å²) >= 11 is 0. The second kappa shape index (κ2) is 12.7. The quantitative estimate of drug-likeness (QED) is 0.419. The van der Waals surface area contributed by atoms with Crippen molar-refractivity contribution in [2.45, 2.75) is 57.1 Å². The van der Waals surface area contributed by atoms with E-state index in [0.717, 1.165) is 63.3 Å². The van der Waals surface area contributed by atoms with Crippen LogP contribution in [0, 0.1) is 0 Å². The fourth-order valence-corrected chi connectivity index (χ4v) is 5.56. The number of nitrogens with zero attached hydrogens (tertiary/aromatic N) is 3. The molecule has 0 spiro atoms. The van der Waals surface area contributed by atoms with Crippen molar-refractivity contribution in [2.75, 3.05) is 36.4 Å². The van der Waals surface area contributed by atoms with Crippen LogP contribution in [0.1, 0.15) is 44.1 Å². The maximum absolute atomic E-state index is 12.5. The number of nitrogens with one attached hydrogen (secondary N) is 1. The molecule has 1 N–H and O–H groups in total. The average Bonchev–Trinajstić information content (AvgIpc) is 2.95. The third kappa shape index (κ3) is 7.32. The number of hydrogen-bond donors (Lipinski definition) is 1. The van der Waals surface area contributed by atoms with Gasteiger partial charge in [0.2, 0.25) is 5.91 Å². The van der Waals surface area contributed by atoms with E-state index in [1.165, 1.54) is 24.1 Å². The van der Waals surface area contributed by atoms with Crippen LogP contribution in [0.4, 0.5) is 11.4 Å². The summed E-state index contributed by atoms with van der Waals surface area (Å²) < 4.78 is 6.12. The molecule has 3 heterocycles. The van der Waals surface area contributed by atoms with Crippen molar-refractivity contribution in [3.63, 3.8) is 0 Å². The zero-order valence-electron chi connectivity index (χ0n) is 21.6. The average molecular weight is 499 g/mol. The van der Waals surface area contributed by atoms with E-state index in [9.17, 15) is 4.79 Å². The van der Waals surface area contributed by atoms with E-state index in [1.807, 2.05) is 42.5 Å². The molecule has 1 aromatic heterocycles. The second-order valence-electron chi connectivity index (χ2n) is 10.2. The molecule has 3 aromatic rings. The van der Waals surface area contributed by atoms with Gasteiger partial charge in [0.15, 0.2) is 0 Å². The third-order valence-corrected chi connectivity index (χ3v) is 7.60. The van der Waals surface area contributed by atoms with Crippen LogP contribution in [-0.4, -0.2) is 54.1 Å². The molecule has 5 rings (SSSR count). The summed E-state index contributed by atoms with van der Waals surface area (Å²) in [4.78, 5) is 21.8. The van der Waals surface area contributed by atoms with Gasteiger partial charge in [-0.15, -0.1) is 0 Å². The summed E-state index contributed by atoms with van der Waals surface area (Å²) in [6, 6.07) is 23.2. The van der Waals surface area contributed by atoms with Crippen LogP contribution in [0.15, 0.2) is 79.1 Å². The first-order chi connectivity index (χ1) is 18.2. The highest BCUT2D eigenvalue weighted by molar-refractivity contribution is 5.91. The van der Waals surface area contributed by atoms with Gasteiger partial charge in [0.05, 0.1) is 6.20 Å². The fraction of sp³-hybridized carbons (Fsp3) is 0.419. The number of aromatic nitrogens is 1. The molecule has 6 nitrogen and oxygen atoms in total. The van der Waals surface area contributed by atoms with Gasteiger partial charge in [-0.2, -0.15) is 0 Å². The van der Waals surface area contributed by atoms with Crippen LogP contribution < -0.4 is 15.0 Å². The third-order valence-electron chi connectivity index (χ3n) is 7.60. The molecular weight excluding hydrogens is 460 g/mol. The Labute approximate surface area is 220 Å². The smallest absolute Gasteiger partial charge is 0.224 e. The number of benzene rings is 2. The molecule has 2 saturated heterocycles. The van der Waals surface area contributed by atoms with E-state index >= 15 is 0 Å². The number of hydrogen-bond acceptors (Lipinski definition) is 5. The van der Waals surface area contributed by atoms with Gasteiger partial charge in [0, 0.05) is 56.2 Å². The number of amides is 1. The Bertz CT molecular complexity index is 1110. The molecule has 37 heavy (non-hydrogen) atoms. The van der Waals surface area contributed by atoms with Gasteiger partial charge in [0.1, 0.15) is 11.9 Å². The zero-order chi connectivity index (χ0) is 25.3. The lowest BCUT2D eigenvalue weighted by molar-refractivity contribution is -0.116. The largest absolute Gasteiger partial charge is 0.489 e. The molecule has 2 fully saturated rings. The van der Waals surface area contributed by atoms with Crippen LogP contribution in [0.3, 0.4) is 0 Å². The van der Waals surface area contributed by atoms with Crippen molar-refractivity contribution in [3.8, 4) is 5.75 Å². The minimum absolute atomic E-state index is 0.0858. The number of piperidine rings is 2. The SMILES string of the molecule is O=C(CCCc1ccccc1)Nc1cccc(N2CCC(N3CCC(Oc4cccnc4)CC3)CC2)c1. The number of carbonyl (C=O) groups excluding carboxylic acids is 1. The van der Waals surface area contributed by atoms with Crippen molar-refractivity contribution < 1.29 is 9.53 Å². The van der Waals surface area contributed by atoms with Gasteiger partial charge in [-0.1, -0.05) is 36.4 Å². The number of aryl methyl sites for hydroxylation is 1. The van der Waals surface area contributed by atoms with Crippen LogP contribution in [0.25, 0.3) is 0 Å². The van der Waals surface area contributed by atoms with E-state index in [-0.39, 0.29) is 12.0 Å². The summed E-state index contributed by atoms with van der Waals surface area (Å²) in [6.07, 6.45) is 10.7. The minimum atomic E-state index is 0.0858. The Morgan fingerprint density at radius 1 is 0.919 bits per heavy atom. The van der Waals surface area contributed by atoms with Gasteiger partial charge >= 0.3 is 0 Å². The summed E-state index contributed by atoms with van der Waals surface area (Å²) in [5, 5.41) is 3.10. The Morgan fingerprint density at radius 2 is 1.73 bits per heavy atom. The molecule has 2 aliphatic heterocycles. The number of pyridine rings is 1. The molecule has 0 saturated carbocycles. The van der Waals surface area contributed by atoms with Crippen molar-refractivity contribution in [1.29, 1.82) is 0 Å². The zero-order valence-corrected chi connectivity index (χ0v) is 21.6. The first-order valence-electron chi connectivity index (χ1n) is 13.7. The van der Waals surface area contributed by atoms with Crippen molar-refractivity contribution in [2.24, 2.45) is 0 Å². The Hall–Kier alpha value is -3.38. The standard InChI is InChI=1S/C31H38N4O2/c36-31(13-4-9-25-7-2-1-3-8-25)33-26-10-5-11-28(23-26)35-19-14-27(15-20-35)34-21-16-29(17-22-34)37-30-12-6-18-32-24-30/h1-3,5-8,10-12,18,23-24,27,29H,4,9,13-17,19-22H2,(H,33,36). The molecular formula is C31H38N4O2. The monoisotopic (exact) mass is 498 g/mol. The molecule has 0 atom stereocenters. The van der Waals surface area contributed by atoms with Crippen molar-refractivity contribution in [1.82, 2.24) is 9.88 Å². The maximum Gasteiger partial charge on any atom is 0.224 e. The Morgan fingerprint density at radius 3 is 2.49 bits per heavy atom. The van der Waals surface area contributed by atoms with E-state index in [4.69, 9.17) is 4.74 Å². The van der Waals surface area contributed by atoms with Crippen molar-refractivity contribution in [3.05, 3.63) is 84.7 Å². The highest BCUT2D eigenvalue weighted by Gasteiger charge is 2.29. The highest BCUT2D eigenvalue weighted by Crippen LogP contribution is 2.27. The summed E-state index contributed by atoms with van der Waals surface area (Å²) in [6.45, 7) is 4.29. The predicted octanol–water partition coefficient (Wildman–Crippen LogP) is 5.56. The summed E-state index contributed by atoms with van der Waals surface area (Å²) in [5.41, 5.74) is 3.37. The molecule has 2 aromatic carbocycles. The molecule has 194 valence electrons. The van der Waals surface area contributed by atoms with E-state index < -0.39 is 0 Å². The Balaban J connectivity index is 1.04. The van der Waals surface area contributed by atoms with E-state index in [2.05, 4.69) is 44.4 Å². The first-order valence-corrected chi connectivity index (χ1v) is 13.7. The maximum atomic E-state index is 12.5. The number of anilines is 2. The van der Waals surface area contributed by atoms with Gasteiger partial charge in [-0.25, -0.2) is 0 Å². The summed E-state index contributed by atoms with van der Waals surface area (Å²) in [5.74, 6) is 0.961. The highest BCUT2D eigenvalue weighted by atomic mass is 16.5. The summed E-state index contributed by atoms with van der Waals surface area (Å²) in [7, 11) is 0. The minimum Gasteiger partial charge on any atom is -0.489 e. The van der Waals surface area contributed by atoms with Crippen molar-refractivity contribution >= 4 is 17.3 Å². The van der Waals surface area contributed by atoms with Gasteiger partial charge in [0.25, 0.3) is 0 Å². The van der Waals surface area contributed by atoms with Crippen LogP contribution >= 0.6 is 0 Å². The number of rotatable bonds is 9. The lowest BCUT2D eigenvalue weighted by atomic mass is 9.98. The molecule has 0 radical (unpaired) electrons. The van der Waals surface area contributed by atoms with Crippen LogP contribution in [-0.2, 0) is 11.2 Å². The molecule has 1 amide bonds. The molecule has 2 aliphatic rings. The van der Waals surface area contributed by atoms with E-state index in [1.54, 1.807) is 12.4 Å². The normalized spacial score (nSPS) is 17.5. The molecule has 6 heteroatoms. The van der Waals surface area contributed by atoms with E-state index in [0.29, 0.717) is 12.5 Å². The van der Waals surface area contributed by atoms with Crippen LogP contribution in [0.5, 0.6) is 5.75 Å². The number of likely N-dealkylation sites (tertiary alicyclic amines) is 1. The van der Waals surface area contributed by atoms with Gasteiger partial charge in [-0.05, 0) is 74.4 Å². The van der Waals surface area contributed by atoms with Crippen LogP contribution in [0.2, 0.25) is 0 Å². The molecule has 0 bridgehead atoms.